The Labute approximate surface area is 146 Å². The van der Waals surface area contributed by atoms with E-state index in [2.05, 4.69) is 29.1 Å². The molecular formula is C19H20ClN3O. The number of rotatable bonds is 5. The van der Waals surface area contributed by atoms with Crippen molar-refractivity contribution in [3.8, 4) is 0 Å². The summed E-state index contributed by atoms with van der Waals surface area (Å²) in [6.07, 6.45) is -0.640. The summed E-state index contributed by atoms with van der Waals surface area (Å²) in [5.41, 5.74) is 1.72. The molecule has 0 amide bonds. The molecule has 0 aliphatic rings. The second-order valence-corrected chi connectivity index (χ2v) is 6.49. The number of halogens is 1. The Hall–Kier alpha value is -2.17. The number of anilines is 1. The first kappa shape index (κ1) is 16.7. The van der Waals surface area contributed by atoms with Crippen LogP contribution in [0.1, 0.15) is 37.3 Å². The van der Waals surface area contributed by atoms with Crippen LogP contribution in [-0.2, 0) is 0 Å². The lowest BCUT2D eigenvalue weighted by molar-refractivity contribution is 0.191. The van der Waals surface area contributed by atoms with Crippen LogP contribution in [0.4, 0.5) is 5.82 Å². The highest BCUT2D eigenvalue weighted by Gasteiger charge is 2.12. The summed E-state index contributed by atoms with van der Waals surface area (Å²) in [5, 5.41) is 15.2. The second kappa shape index (κ2) is 7.16. The summed E-state index contributed by atoms with van der Waals surface area (Å²) in [5.74, 6) is 1.77. The molecule has 3 rings (SSSR count). The van der Waals surface area contributed by atoms with E-state index >= 15 is 0 Å². The molecule has 0 aliphatic heterocycles. The van der Waals surface area contributed by atoms with Gasteiger partial charge in [-0.2, -0.15) is 0 Å². The van der Waals surface area contributed by atoms with Crippen LogP contribution < -0.4 is 5.32 Å². The summed E-state index contributed by atoms with van der Waals surface area (Å²) in [6, 6.07) is 15.1. The van der Waals surface area contributed by atoms with Crippen LogP contribution in [0.2, 0.25) is 5.02 Å². The molecule has 1 unspecified atom stereocenters. The van der Waals surface area contributed by atoms with E-state index in [4.69, 9.17) is 11.6 Å². The molecule has 1 atom stereocenters. The molecule has 0 fully saturated rings. The number of nitrogens with one attached hydrogen (secondary N) is 1. The number of aliphatic hydroxyl groups excluding tert-OH is 1. The number of aliphatic hydroxyl groups is 1. The largest absolute Gasteiger partial charge is 0.387 e. The molecule has 0 bridgehead atoms. The van der Waals surface area contributed by atoms with Gasteiger partial charge in [0.1, 0.15) is 11.6 Å². The third-order valence-corrected chi connectivity index (χ3v) is 4.11. The first-order valence-electron chi connectivity index (χ1n) is 7.98. The molecule has 0 saturated heterocycles. The number of hydrogen-bond acceptors (Lipinski definition) is 4. The van der Waals surface area contributed by atoms with Gasteiger partial charge in [-0.15, -0.1) is 0 Å². The lowest BCUT2D eigenvalue weighted by Crippen LogP contribution is -2.14. The van der Waals surface area contributed by atoms with Crippen molar-refractivity contribution in [2.24, 2.45) is 0 Å². The van der Waals surface area contributed by atoms with Crippen LogP contribution in [0, 0.1) is 0 Å². The lowest BCUT2D eigenvalue weighted by Gasteiger charge is -2.15. The molecule has 5 heteroatoms. The van der Waals surface area contributed by atoms with Crippen molar-refractivity contribution in [3.05, 3.63) is 64.9 Å². The molecule has 3 aromatic rings. The number of nitrogens with zero attached hydrogens (tertiary/aromatic N) is 2. The monoisotopic (exact) mass is 341 g/mol. The number of para-hydroxylation sites is 1. The van der Waals surface area contributed by atoms with Crippen LogP contribution in [0.25, 0.3) is 10.9 Å². The molecular weight excluding hydrogens is 322 g/mol. The third kappa shape index (κ3) is 3.66. The Bertz CT molecular complexity index is 834. The molecule has 0 spiro atoms. The van der Waals surface area contributed by atoms with Crippen LogP contribution in [0.3, 0.4) is 0 Å². The number of hydrogen-bond donors (Lipinski definition) is 2. The van der Waals surface area contributed by atoms with Crippen molar-refractivity contribution in [1.29, 1.82) is 0 Å². The molecule has 2 aromatic carbocycles. The van der Waals surface area contributed by atoms with E-state index in [1.165, 1.54) is 0 Å². The summed E-state index contributed by atoms with van der Waals surface area (Å²) in [4.78, 5) is 9.23. The summed E-state index contributed by atoms with van der Waals surface area (Å²) in [7, 11) is 0. The molecule has 4 nitrogen and oxygen atoms in total. The zero-order chi connectivity index (χ0) is 17.1. The molecule has 2 N–H and O–H groups in total. The van der Waals surface area contributed by atoms with Gasteiger partial charge < -0.3 is 10.4 Å². The van der Waals surface area contributed by atoms with Crippen molar-refractivity contribution in [2.45, 2.75) is 25.9 Å². The quantitative estimate of drug-likeness (QED) is 0.714. The van der Waals surface area contributed by atoms with E-state index in [-0.39, 0.29) is 5.92 Å². The van der Waals surface area contributed by atoms with E-state index < -0.39 is 6.10 Å². The van der Waals surface area contributed by atoms with Crippen LogP contribution in [0.5, 0.6) is 0 Å². The van der Waals surface area contributed by atoms with Gasteiger partial charge in [-0.3, -0.25) is 0 Å². The number of benzene rings is 2. The van der Waals surface area contributed by atoms with Gasteiger partial charge in [-0.05, 0) is 29.8 Å². The SMILES string of the molecule is CC(C)c1nc(NCC(O)c2ccc(Cl)cc2)c2ccccc2n1. The van der Waals surface area contributed by atoms with Crippen molar-refractivity contribution in [2.75, 3.05) is 11.9 Å². The van der Waals surface area contributed by atoms with E-state index in [9.17, 15) is 5.11 Å². The van der Waals surface area contributed by atoms with Gasteiger partial charge in [0.2, 0.25) is 0 Å². The number of aromatic nitrogens is 2. The minimum Gasteiger partial charge on any atom is -0.387 e. The van der Waals surface area contributed by atoms with Gasteiger partial charge in [0.15, 0.2) is 0 Å². The molecule has 1 heterocycles. The third-order valence-electron chi connectivity index (χ3n) is 3.85. The van der Waals surface area contributed by atoms with Gasteiger partial charge in [0, 0.05) is 22.9 Å². The Morgan fingerprint density at radius 3 is 2.46 bits per heavy atom. The molecule has 0 radical (unpaired) electrons. The zero-order valence-electron chi connectivity index (χ0n) is 13.7. The zero-order valence-corrected chi connectivity index (χ0v) is 14.5. The van der Waals surface area contributed by atoms with Gasteiger partial charge in [-0.25, -0.2) is 9.97 Å². The van der Waals surface area contributed by atoms with Gasteiger partial charge in [0.05, 0.1) is 11.6 Å². The van der Waals surface area contributed by atoms with Crippen LogP contribution in [0.15, 0.2) is 48.5 Å². The molecule has 124 valence electrons. The highest BCUT2D eigenvalue weighted by molar-refractivity contribution is 6.30. The Morgan fingerprint density at radius 1 is 1.04 bits per heavy atom. The molecule has 0 saturated carbocycles. The van der Waals surface area contributed by atoms with Crippen LogP contribution >= 0.6 is 11.6 Å². The van der Waals surface area contributed by atoms with Gasteiger partial charge in [-0.1, -0.05) is 49.7 Å². The first-order valence-corrected chi connectivity index (χ1v) is 8.36. The summed E-state index contributed by atoms with van der Waals surface area (Å²) < 4.78 is 0. The minimum absolute atomic E-state index is 0.233. The van der Waals surface area contributed by atoms with E-state index in [1.807, 2.05) is 36.4 Å². The highest BCUT2D eigenvalue weighted by Crippen LogP contribution is 2.24. The van der Waals surface area contributed by atoms with Crippen molar-refractivity contribution in [1.82, 2.24) is 9.97 Å². The lowest BCUT2D eigenvalue weighted by atomic mass is 10.1. The summed E-state index contributed by atoms with van der Waals surface area (Å²) in [6.45, 7) is 4.49. The standard InChI is InChI=1S/C19H20ClN3O/c1-12(2)18-22-16-6-4-3-5-15(16)19(23-18)21-11-17(24)13-7-9-14(20)10-8-13/h3-10,12,17,24H,11H2,1-2H3,(H,21,22,23). The molecule has 1 aromatic heterocycles. The molecule has 0 aliphatic carbocycles. The second-order valence-electron chi connectivity index (χ2n) is 6.05. The van der Waals surface area contributed by atoms with Crippen LogP contribution in [-0.4, -0.2) is 21.6 Å². The Kier molecular flexibility index (Phi) is 4.97. The predicted molar refractivity (Wildman–Crippen MR) is 98.5 cm³/mol. The fraction of sp³-hybridized carbons (Fsp3) is 0.263. The van der Waals surface area contributed by atoms with E-state index in [1.54, 1.807) is 12.1 Å². The van der Waals surface area contributed by atoms with Crippen molar-refractivity contribution >= 4 is 28.3 Å². The fourth-order valence-electron chi connectivity index (χ4n) is 2.48. The Morgan fingerprint density at radius 2 is 1.75 bits per heavy atom. The Balaban J connectivity index is 1.85. The maximum Gasteiger partial charge on any atom is 0.137 e. The van der Waals surface area contributed by atoms with Crippen molar-refractivity contribution in [3.63, 3.8) is 0 Å². The van der Waals surface area contributed by atoms with Crippen molar-refractivity contribution < 1.29 is 5.11 Å². The molecule has 24 heavy (non-hydrogen) atoms. The first-order chi connectivity index (χ1) is 11.5. The average molecular weight is 342 g/mol. The van der Waals surface area contributed by atoms with Gasteiger partial charge >= 0.3 is 0 Å². The average Bonchev–Trinajstić information content (AvgIpc) is 2.59. The topological polar surface area (TPSA) is 58.0 Å². The maximum absolute atomic E-state index is 10.4. The predicted octanol–water partition coefficient (Wildman–Crippen LogP) is 4.55. The van der Waals surface area contributed by atoms with Gasteiger partial charge in [0.25, 0.3) is 0 Å². The smallest absolute Gasteiger partial charge is 0.137 e. The summed E-state index contributed by atoms with van der Waals surface area (Å²) >= 11 is 5.89. The van der Waals surface area contributed by atoms with E-state index in [0.717, 1.165) is 28.1 Å². The highest BCUT2D eigenvalue weighted by atomic mass is 35.5. The van der Waals surface area contributed by atoms with E-state index in [0.29, 0.717) is 11.6 Å². The minimum atomic E-state index is -0.640. The normalized spacial score (nSPS) is 12.5. The fourth-order valence-corrected chi connectivity index (χ4v) is 2.61. The number of fused-ring (bicyclic) bond motifs is 1. The maximum atomic E-state index is 10.4.